The highest BCUT2D eigenvalue weighted by atomic mass is 16.3. The highest BCUT2D eigenvalue weighted by molar-refractivity contribution is 5.77. The first-order valence-corrected chi connectivity index (χ1v) is 6.73. The molecular formula is C13H25NO3. The minimum atomic E-state index is -0.807. The molecule has 1 fully saturated rings. The number of rotatable bonds is 6. The van der Waals surface area contributed by atoms with Gasteiger partial charge in [0, 0.05) is 6.54 Å². The van der Waals surface area contributed by atoms with Crippen LogP contribution in [0.15, 0.2) is 0 Å². The standard InChI is InChI=1S/C13H25NO3/c1-2-6-11(15)10-14-12(16)9-13(17)7-4-3-5-8-13/h11,15,17H,2-10H2,1H3,(H,14,16). The van der Waals surface area contributed by atoms with E-state index < -0.39 is 11.7 Å². The first kappa shape index (κ1) is 14.5. The highest BCUT2D eigenvalue weighted by Crippen LogP contribution is 2.30. The van der Waals surface area contributed by atoms with Gasteiger partial charge in [0.05, 0.1) is 18.1 Å². The molecule has 100 valence electrons. The van der Waals surface area contributed by atoms with E-state index in [9.17, 15) is 15.0 Å². The molecule has 17 heavy (non-hydrogen) atoms. The molecule has 4 nitrogen and oxygen atoms in total. The van der Waals surface area contributed by atoms with Gasteiger partial charge in [-0.2, -0.15) is 0 Å². The minimum Gasteiger partial charge on any atom is -0.391 e. The normalized spacial score (nSPS) is 20.9. The summed E-state index contributed by atoms with van der Waals surface area (Å²) in [4.78, 5) is 11.6. The van der Waals surface area contributed by atoms with Gasteiger partial charge in [0.2, 0.25) is 5.91 Å². The highest BCUT2D eigenvalue weighted by Gasteiger charge is 2.31. The Hall–Kier alpha value is -0.610. The topological polar surface area (TPSA) is 69.6 Å². The van der Waals surface area contributed by atoms with Crippen molar-refractivity contribution in [3.05, 3.63) is 0 Å². The fourth-order valence-electron chi connectivity index (χ4n) is 2.41. The summed E-state index contributed by atoms with van der Waals surface area (Å²) in [7, 11) is 0. The number of aliphatic hydroxyl groups is 2. The Bertz CT molecular complexity index is 237. The molecule has 1 unspecified atom stereocenters. The third-order valence-corrected chi connectivity index (χ3v) is 3.43. The molecule has 1 saturated carbocycles. The lowest BCUT2D eigenvalue weighted by Gasteiger charge is -2.31. The summed E-state index contributed by atoms with van der Waals surface area (Å²) in [5.74, 6) is -0.149. The van der Waals surface area contributed by atoms with Gasteiger partial charge in [0.1, 0.15) is 0 Å². The smallest absolute Gasteiger partial charge is 0.222 e. The summed E-state index contributed by atoms with van der Waals surface area (Å²) in [6.07, 6.45) is 5.90. The van der Waals surface area contributed by atoms with Gasteiger partial charge >= 0.3 is 0 Å². The quantitative estimate of drug-likeness (QED) is 0.659. The summed E-state index contributed by atoms with van der Waals surface area (Å²) in [6.45, 7) is 2.29. The van der Waals surface area contributed by atoms with Crippen molar-refractivity contribution in [3.8, 4) is 0 Å². The van der Waals surface area contributed by atoms with E-state index in [0.29, 0.717) is 13.0 Å². The zero-order valence-electron chi connectivity index (χ0n) is 10.7. The van der Waals surface area contributed by atoms with E-state index in [2.05, 4.69) is 5.32 Å². The SMILES string of the molecule is CCCC(O)CNC(=O)CC1(O)CCCCC1. The van der Waals surface area contributed by atoms with Crippen molar-refractivity contribution in [2.75, 3.05) is 6.54 Å². The van der Waals surface area contributed by atoms with Crippen LogP contribution in [0.5, 0.6) is 0 Å². The van der Waals surface area contributed by atoms with Gasteiger partial charge in [-0.25, -0.2) is 0 Å². The van der Waals surface area contributed by atoms with Crippen molar-refractivity contribution in [2.45, 2.75) is 70.0 Å². The average molecular weight is 243 g/mol. The monoisotopic (exact) mass is 243 g/mol. The molecule has 0 spiro atoms. The number of amides is 1. The molecule has 0 aromatic heterocycles. The lowest BCUT2D eigenvalue weighted by Crippen LogP contribution is -2.40. The molecule has 0 radical (unpaired) electrons. The van der Waals surface area contributed by atoms with Crippen LogP contribution in [0, 0.1) is 0 Å². The van der Waals surface area contributed by atoms with Crippen LogP contribution in [0.2, 0.25) is 0 Å². The van der Waals surface area contributed by atoms with Crippen molar-refractivity contribution in [2.24, 2.45) is 0 Å². The van der Waals surface area contributed by atoms with Crippen molar-refractivity contribution >= 4 is 5.91 Å². The van der Waals surface area contributed by atoms with E-state index in [1.165, 1.54) is 0 Å². The summed E-state index contributed by atoms with van der Waals surface area (Å²) in [5, 5.41) is 22.4. The van der Waals surface area contributed by atoms with Gasteiger partial charge in [-0.15, -0.1) is 0 Å². The fourth-order valence-corrected chi connectivity index (χ4v) is 2.41. The maximum absolute atomic E-state index is 11.6. The Morgan fingerprint density at radius 2 is 2.00 bits per heavy atom. The minimum absolute atomic E-state index is 0.149. The van der Waals surface area contributed by atoms with Crippen molar-refractivity contribution in [1.82, 2.24) is 5.32 Å². The Morgan fingerprint density at radius 3 is 2.59 bits per heavy atom. The Balaban J connectivity index is 2.24. The van der Waals surface area contributed by atoms with E-state index in [0.717, 1.165) is 38.5 Å². The van der Waals surface area contributed by atoms with E-state index in [-0.39, 0.29) is 12.3 Å². The molecule has 1 amide bonds. The summed E-state index contributed by atoms with van der Waals surface area (Å²) < 4.78 is 0. The van der Waals surface area contributed by atoms with Crippen LogP contribution in [0.4, 0.5) is 0 Å². The summed E-state index contributed by atoms with van der Waals surface area (Å²) >= 11 is 0. The molecule has 1 rings (SSSR count). The molecule has 0 aromatic rings. The number of carbonyl (C=O) groups excluding carboxylic acids is 1. The van der Waals surface area contributed by atoms with Crippen LogP contribution in [0.1, 0.15) is 58.3 Å². The van der Waals surface area contributed by atoms with Gasteiger partial charge in [0.25, 0.3) is 0 Å². The molecule has 4 heteroatoms. The average Bonchev–Trinajstić information content (AvgIpc) is 2.27. The maximum Gasteiger partial charge on any atom is 0.222 e. The first-order valence-electron chi connectivity index (χ1n) is 6.73. The number of aliphatic hydroxyl groups excluding tert-OH is 1. The zero-order valence-corrected chi connectivity index (χ0v) is 10.7. The second-order valence-corrected chi connectivity index (χ2v) is 5.21. The molecule has 1 atom stereocenters. The lowest BCUT2D eigenvalue weighted by molar-refractivity contribution is -0.127. The van der Waals surface area contributed by atoms with Crippen LogP contribution in [0.25, 0.3) is 0 Å². The van der Waals surface area contributed by atoms with E-state index >= 15 is 0 Å². The van der Waals surface area contributed by atoms with Gasteiger partial charge in [-0.1, -0.05) is 32.6 Å². The number of carbonyl (C=O) groups is 1. The van der Waals surface area contributed by atoms with E-state index in [1.807, 2.05) is 6.92 Å². The Morgan fingerprint density at radius 1 is 1.35 bits per heavy atom. The van der Waals surface area contributed by atoms with Gasteiger partial charge in [-0.05, 0) is 19.3 Å². The third kappa shape index (κ3) is 5.50. The second-order valence-electron chi connectivity index (χ2n) is 5.21. The fraction of sp³-hybridized carbons (Fsp3) is 0.923. The van der Waals surface area contributed by atoms with Gasteiger partial charge in [-0.3, -0.25) is 4.79 Å². The molecule has 0 aliphatic heterocycles. The van der Waals surface area contributed by atoms with E-state index in [1.54, 1.807) is 0 Å². The second kappa shape index (κ2) is 6.97. The van der Waals surface area contributed by atoms with Gasteiger partial charge in [0.15, 0.2) is 0 Å². The molecular weight excluding hydrogens is 218 g/mol. The van der Waals surface area contributed by atoms with Crippen molar-refractivity contribution in [1.29, 1.82) is 0 Å². The van der Waals surface area contributed by atoms with E-state index in [4.69, 9.17) is 0 Å². The van der Waals surface area contributed by atoms with Crippen LogP contribution in [0.3, 0.4) is 0 Å². The van der Waals surface area contributed by atoms with Crippen LogP contribution < -0.4 is 5.32 Å². The third-order valence-electron chi connectivity index (χ3n) is 3.43. The molecule has 0 aromatic carbocycles. The van der Waals surface area contributed by atoms with Gasteiger partial charge < -0.3 is 15.5 Å². The Labute approximate surface area is 103 Å². The predicted molar refractivity (Wildman–Crippen MR) is 66.6 cm³/mol. The molecule has 3 N–H and O–H groups in total. The largest absolute Gasteiger partial charge is 0.391 e. The number of hydrogen-bond donors (Lipinski definition) is 3. The molecule has 1 aliphatic carbocycles. The summed E-state index contributed by atoms with van der Waals surface area (Å²) in [5.41, 5.74) is -0.807. The molecule has 0 heterocycles. The molecule has 1 aliphatic rings. The van der Waals surface area contributed by atoms with Crippen LogP contribution in [-0.4, -0.2) is 34.4 Å². The maximum atomic E-state index is 11.6. The number of nitrogens with one attached hydrogen (secondary N) is 1. The molecule has 0 bridgehead atoms. The lowest BCUT2D eigenvalue weighted by atomic mass is 9.82. The zero-order chi connectivity index (χ0) is 12.7. The first-order chi connectivity index (χ1) is 8.06. The van der Waals surface area contributed by atoms with Crippen molar-refractivity contribution < 1.29 is 15.0 Å². The summed E-state index contributed by atoms with van der Waals surface area (Å²) in [6, 6.07) is 0. The Kier molecular flexibility index (Phi) is 5.92. The molecule has 0 saturated heterocycles. The number of hydrogen-bond acceptors (Lipinski definition) is 3. The van der Waals surface area contributed by atoms with Crippen LogP contribution >= 0.6 is 0 Å². The van der Waals surface area contributed by atoms with Crippen molar-refractivity contribution in [3.63, 3.8) is 0 Å². The predicted octanol–water partition coefficient (Wildman–Crippen LogP) is 1.35. The van der Waals surface area contributed by atoms with Crippen LogP contribution in [-0.2, 0) is 4.79 Å².